The van der Waals surface area contributed by atoms with Gasteiger partial charge in [0, 0.05) is 28.8 Å². The number of thiophene rings is 1. The van der Waals surface area contributed by atoms with Crippen LogP contribution in [0.15, 0.2) is 36.4 Å². The molecule has 0 aliphatic carbocycles. The molecule has 1 aliphatic rings. The van der Waals surface area contributed by atoms with Crippen LogP contribution in [0.5, 0.6) is 0 Å². The SMILES string of the molecule is Cc1ccc(CC(C)NC(=O)C2Cc3ccccc3CN2)s1. The first-order chi connectivity index (χ1) is 10.6. The third-order valence-corrected chi connectivity index (χ3v) is 5.11. The zero-order valence-electron chi connectivity index (χ0n) is 13.1. The maximum Gasteiger partial charge on any atom is 0.237 e. The molecule has 2 N–H and O–H groups in total. The van der Waals surface area contributed by atoms with Gasteiger partial charge >= 0.3 is 0 Å². The first-order valence-corrected chi connectivity index (χ1v) is 8.59. The van der Waals surface area contributed by atoms with Crippen LogP contribution in [0, 0.1) is 6.92 Å². The summed E-state index contributed by atoms with van der Waals surface area (Å²) >= 11 is 1.80. The molecule has 4 heteroatoms. The molecule has 1 aliphatic heterocycles. The number of hydrogen-bond donors (Lipinski definition) is 2. The van der Waals surface area contributed by atoms with Gasteiger partial charge in [-0.2, -0.15) is 0 Å². The van der Waals surface area contributed by atoms with Crippen molar-refractivity contribution in [2.24, 2.45) is 0 Å². The van der Waals surface area contributed by atoms with Crippen LogP contribution in [0.4, 0.5) is 0 Å². The fourth-order valence-corrected chi connectivity index (χ4v) is 3.95. The quantitative estimate of drug-likeness (QED) is 0.911. The van der Waals surface area contributed by atoms with E-state index in [-0.39, 0.29) is 18.0 Å². The normalized spacial score (nSPS) is 18.5. The van der Waals surface area contributed by atoms with Crippen molar-refractivity contribution in [2.75, 3.05) is 0 Å². The molecule has 0 saturated heterocycles. The van der Waals surface area contributed by atoms with Crippen LogP contribution in [0.25, 0.3) is 0 Å². The molecule has 3 rings (SSSR count). The predicted octanol–water partition coefficient (Wildman–Crippen LogP) is 2.82. The summed E-state index contributed by atoms with van der Waals surface area (Å²) in [6, 6.07) is 12.7. The lowest BCUT2D eigenvalue weighted by Crippen LogP contribution is -2.50. The summed E-state index contributed by atoms with van der Waals surface area (Å²) in [5.41, 5.74) is 2.58. The van der Waals surface area contributed by atoms with Crippen molar-refractivity contribution in [3.63, 3.8) is 0 Å². The van der Waals surface area contributed by atoms with Gasteiger partial charge in [-0.1, -0.05) is 24.3 Å². The van der Waals surface area contributed by atoms with E-state index in [1.54, 1.807) is 11.3 Å². The van der Waals surface area contributed by atoms with E-state index in [1.165, 1.54) is 20.9 Å². The van der Waals surface area contributed by atoms with Gasteiger partial charge in [-0.05, 0) is 43.5 Å². The van der Waals surface area contributed by atoms with Gasteiger partial charge in [0.1, 0.15) is 0 Å². The smallest absolute Gasteiger partial charge is 0.237 e. The number of carbonyl (C=O) groups excluding carboxylic acids is 1. The van der Waals surface area contributed by atoms with Gasteiger partial charge in [0.25, 0.3) is 0 Å². The molecule has 1 amide bonds. The molecule has 2 atom stereocenters. The third-order valence-electron chi connectivity index (χ3n) is 4.09. The number of fused-ring (bicyclic) bond motifs is 1. The van der Waals surface area contributed by atoms with Crippen LogP contribution in [0.1, 0.15) is 27.8 Å². The molecular weight excluding hydrogens is 292 g/mol. The Bertz CT molecular complexity index is 665. The first-order valence-electron chi connectivity index (χ1n) is 7.77. The number of nitrogens with one attached hydrogen (secondary N) is 2. The molecule has 116 valence electrons. The topological polar surface area (TPSA) is 41.1 Å². The molecule has 0 saturated carbocycles. The zero-order chi connectivity index (χ0) is 15.5. The molecule has 0 bridgehead atoms. The Hall–Kier alpha value is -1.65. The van der Waals surface area contributed by atoms with Crippen LogP contribution < -0.4 is 10.6 Å². The number of amides is 1. The van der Waals surface area contributed by atoms with Gasteiger partial charge in [0.05, 0.1) is 6.04 Å². The Kier molecular flexibility index (Phi) is 4.60. The molecule has 3 nitrogen and oxygen atoms in total. The summed E-state index contributed by atoms with van der Waals surface area (Å²) in [6.45, 7) is 4.96. The molecule has 2 unspecified atom stereocenters. The highest BCUT2D eigenvalue weighted by Gasteiger charge is 2.24. The Labute approximate surface area is 135 Å². The lowest BCUT2D eigenvalue weighted by molar-refractivity contribution is -0.123. The second kappa shape index (κ2) is 6.63. The van der Waals surface area contributed by atoms with Gasteiger partial charge in [0.15, 0.2) is 0 Å². The first kappa shape index (κ1) is 15.3. The number of rotatable bonds is 4. The highest BCUT2D eigenvalue weighted by Crippen LogP contribution is 2.18. The predicted molar refractivity (Wildman–Crippen MR) is 91.1 cm³/mol. The molecule has 1 aromatic heterocycles. The van der Waals surface area contributed by atoms with Gasteiger partial charge < -0.3 is 10.6 Å². The van der Waals surface area contributed by atoms with Crippen LogP contribution in [-0.2, 0) is 24.2 Å². The molecular formula is C18H22N2OS. The zero-order valence-corrected chi connectivity index (χ0v) is 13.9. The highest BCUT2D eigenvalue weighted by molar-refractivity contribution is 7.11. The Balaban J connectivity index is 1.56. The number of carbonyl (C=O) groups is 1. The molecule has 0 radical (unpaired) electrons. The van der Waals surface area contributed by atoms with Gasteiger partial charge in [-0.3, -0.25) is 4.79 Å². The lowest BCUT2D eigenvalue weighted by Gasteiger charge is -2.26. The minimum absolute atomic E-state index is 0.107. The number of aryl methyl sites for hydroxylation is 1. The Morgan fingerprint density at radius 1 is 1.32 bits per heavy atom. The van der Waals surface area contributed by atoms with E-state index in [2.05, 4.69) is 48.7 Å². The van der Waals surface area contributed by atoms with Crippen molar-refractivity contribution in [3.8, 4) is 0 Å². The average molecular weight is 314 g/mol. The van der Waals surface area contributed by atoms with Crippen molar-refractivity contribution < 1.29 is 4.79 Å². The molecule has 2 aromatic rings. The fraction of sp³-hybridized carbons (Fsp3) is 0.389. The van der Waals surface area contributed by atoms with E-state index in [9.17, 15) is 4.79 Å². The summed E-state index contributed by atoms with van der Waals surface area (Å²) in [6.07, 6.45) is 1.67. The monoisotopic (exact) mass is 314 g/mol. The van der Waals surface area contributed by atoms with E-state index < -0.39 is 0 Å². The lowest BCUT2D eigenvalue weighted by atomic mass is 9.95. The van der Waals surface area contributed by atoms with Gasteiger partial charge in [0.2, 0.25) is 5.91 Å². The molecule has 0 fully saturated rings. The maximum absolute atomic E-state index is 12.4. The van der Waals surface area contributed by atoms with Crippen LogP contribution >= 0.6 is 11.3 Å². The van der Waals surface area contributed by atoms with Crippen molar-refractivity contribution in [1.82, 2.24) is 10.6 Å². The summed E-state index contributed by atoms with van der Waals surface area (Å²) in [5, 5.41) is 6.48. The van der Waals surface area contributed by atoms with E-state index in [0.717, 1.165) is 19.4 Å². The van der Waals surface area contributed by atoms with Crippen molar-refractivity contribution >= 4 is 17.2 Å². The summed E-state index contributed by atoms with van der Waals surface area (Å²) in [4.78, 5) is 15.1. The van der Waals surface area contributed by atoms with Crippen LogP contribution in [-0.4, -0.2) is 18.0 Å². The second-order valence-corrected chi connectivity index (χ2v) is 7.40. The van der Waals surface area contributed by atoms with Gasteiger partial charge in [-0.25, -0.2) is 0 Å². The van der Waals surface area contributed by atoms with Crippen molar-refractivity contribution in [3.05, 3.63) is 57.3 Å². The van der Waals surface area contributed by atoms with Crippen molar-refractivity contribution in [2.45, 2.75) is 45.3 Å². The minimum atomic E-state index is -0.123. The second-order valence-electron chi connectivity index (χ2n) is 6.03. The van der Waals surface area contributed by atoms with Crippen LogP contribution in [0.2, 0.25) is 0 Å². The Morgan fingerprint density at radius 3 is 2.82 bits per heavy atom. The van der Waals surface area contributed by atoms with E-state index in [1.807, 2.05) is 12.1 Å². The standard InChI is InChI=1S/C18H22N2OS/c1-12(9-16-8-7-13(2)22-16)20-18(21)17-10-14-5-3-4-6-15(14)11-19-17/h3-8,12,17,19H,9-11H2,1-2H3,(H,20,21). The third kappa shape index (κ3) is 3.57. The minimum Gasteiger partial charge on any atom is -0.352 e. The number of hydrogen-bond acceptors (Lipinski definition) is 3. The van der Waals surface area contributed by atoms with Crippen molar-refractivity contribution in [1.29, 1.82) is 0 Å². The van der Waals surface area contributed by atoms with E-state index in [4.69, 9.17) is 0 Å². The fourth-order valence-electron chi connectivity index (χ4n) is 2.93. The largest absolute Gasteiger partial charge is 0.352 e. The summed E-state index contributed by atoms with van der Waals surface area (Å²) in [5.74, 6) is 0.107. The summed E-state index contributed by atoms with van der Waals surface area (Å²) in [7, 11) is 0. The molecule has 22 heavy (non-hydrogen) atoms. The van der Waals surface area contributed by atoms with E-state index >= 15 is 0 Å². The Morgan fingerprint density at radius 2 is 2.09 bits per heavy atom. The number of benzene rings is 1. The molecule has 2 heterocycles. The average Bonchev–Trinajstić information content (AvgIpc) is 2.91. The van der Waals surface area contributed by atoms with Crippen LogP contribution in [0.3, 0.4) is 0 Å². The maximum atomic E-state index is 12.4. The molecule has 1 aromatic carbocycles. The highest BCUT2D eigenvalue weighted by atomic mass is 32.1. The summed E-state index contributed by atoms with van der Waals surface area (Å²) < 4.78 is 0. The van der Waals surface area contributed by atoms with E-state index in [0.29, 0.717) is 0 Å². The van der Waals surface area contributed by atoms with Gasteiger partial charge in [-0.15, -0.1) is 11.3 Å². The molecule has 0 spiro atoms.